The molecule has 5 nitrogen and oxygen atoms in total. The topological polar surface area (TPSA) is 72.6 Å². The lowest BCUT2D eigenvalue weighted by molar-refractivity contribution is -0.135. The van der Waals surface area contributed by atoms with Crippen LogP contribution in [0.5, 0.6) is 0 Å². The summed E-state index contributed by atoms with van der Waals surface area (Å²) in [6, 6.07) is 0. The fraction of sp³-hybridized carbons (Fsp3) is 0.600. The normalized spacial score (nSPS) is 10.7. The van der Waals surface area contributed by atoms with E-state index in [4.69, 9.17) is 5.73 Å². The SMILES string of the molecule is COC(=O)C=CN(CC(N)=O)CC(C)C. The van der Waals surface area contributed by atoms with E-state index < -0.39 is 11.9 Å². The second-order valence-corrected chi connectivity index (χ2v) is 3.63. The Kier molecular flexibility index (Phi) is 6.17. The molecule has 15 heavy (non-hydrogen) atoms. The van der Waals surface area contributed by atoms with Gasteiger partial charge in [0.1, 0.15) is 0 Å². The van der Waals surface area contributed by atoms with E-state index in [1.807, 2.05) is 13.8 Å². The molecular weight excluding hydrogens is 196 g/mol. The highest BCUT2D eigenvalue weighted by Crippen LogP contribution is 1.99. The van der Waals surface area contributed by atoms with Gasteiger partial charge in [0.05, 0.1) is 13.7 Å². The molecule has 0 saturated heterocycles. The van der Waals surface area contributed by atoms with Crippen LogP contribution < -0.4 is 5.73 Å². The van der Waals surface area contributed by atoms with Crippen molar-refractivity contribution in [2.24, 2.45) is 11.7 Å². The standard InChI is InChI=1S/C10H18N2O3/c1-8(2)6-12(7-9(11)13)5-4-10(14)15-3/h4-5,8H,6-7H2,1-3H3,(H2,11,13). The summed E-state index contributed by atoms with van der Waals surface area (Å²) >= 11 is 0. The lowest BCUT2D eigenvalue weighted by Crippen LogP contribution is -2.32. The number of carbonyl (C=O) groups is 2. The van der Waals surface area contributed by atoms with Crippen molar-refractivity contribution in [1.82, 2.24) is 4.90 Å². The molecule has 0 aromatic rings. The molecule has 0 spiro atoms. The molecule has 0 fully saturated rings. The number of nitrogens with zero attached hydrogens (tertiary/aromatic N) is 1. The first-order valence-electron chi connectivity index (χ1n) is 4.74. The Morgan fingerprint density at radius 1 is 1.47 bits per heavy atom. The van der Waals surface area contributed by atoms with Gasteiger partial charge in [-0.25, -0.2) is 4.79 Å². The number of primary amides is 1. The van der Waals surface area contributed by atoms with Gasteiger partial charge in [-0.1, -0.05) is 13.8 Å². The molecule has 0 aliphatic rings. The molecular formula is C10H18N2O3. The van der Waals surface area contributed by atoms with Gasteiger partial charge in [0.25, 0.3) is 0 Å². The highest BCUT2D eigenvalue weighted by atomic mass is 16.5. The number of rotatable bonds is 6. The zero-order chi connectivity index (χ0) is 11.8. The van der Waals surface area contributed by atoms with Crippen LogP contribution in [0.3, 0.4) is 0 Å². The van der Waals surface area contributed by atoms with Crippen molar-refractivity contribution in [1.29, 1.82) is 0 Å². The first kappa shape index (κ1) is 13.5. The highest BCUT2D eigenvalue weighted by Gasteiger charge is 2.06. The summed E-state index contributed by atoms with van der Waals surface area (Å²) in [5, 5.41) is 0. The predicted molar refractivity (Wildman–Crippen MR) is 56.8 cm³/mol. The van der Waals surface area contributed by atoms with Crippen LogP contribution in [0, 0.1) is 5.92 Å². The maximum absolute atomic E-state index is 10.8. The Balaban J connectivity index is 4.29. The number of esters is 1. The molecule has 5 heteroatoms. The van der Waals surface area contributed by atoms with Gasteiger partial charge in [0, 0.05) is 18.8 Å². The van der Waals surface area contributed by atoms with E-state index in [1.54, 1.807) is 4.90 Å². The Bertz CT molecular complexity index is 249. The number of nitrogens with two attached hydrogens (primary N) is 1. The molecule has 0 radical (unpaired) electrons. The first-order valence-corrected chi connectivity index (χ1v) is 4.74. The van der Waals surface area contributed by atoms with Gasteiger partial charge in [-0.05, 0) is 5.92 Å². The average Bonchev–Trinajstić information content (AvgIpc) is 2.11. The molecule has 86 valence electrons. The van der Waals surface area contributed by atoms with Gasteiger partial charge in [0.15, 0.2) is 0 Å². The number of carbonyl (C=O) groups excluding carboxylic acids is 2. The van der Waals surface area contributed by atoms with E-state index in [0.29, 0.717) is 12.5 Å². The van der Waals surface area contributed by atoms with Crippen molar-refractivity contribution < 1.29 is 14.3 Å². The lowest BCUT2D eigenvalue weighted by Gasteiger charge is -2.20. The van der Waals surface area contributed by atoms with Crippen LogP contribution in [-0.2, 0) is 14.3 Å². The Hall–Kier alpha value is -1.52. The molecule has 0 unspecified atom stereocenters. The van der Waals surface area contributed by atoms with Gasteiger partial charge in [-0.15, -0.1) is 0 Å². The van der Waals surface area contributed by atoms with Crippen molar-refractivity contribution in [3.05, 3.63) is 12.3 Å². The van der Waals surface area contributed by atoms with Crippen LogP contribution in [-0.4, -0.2) is 37.0 Å². The summed E-state index contributed by atoms with van der Waals surface area (Å²) in [6.07, 6.45) is 2.79. The van der Waals surface area contributed by atoms with Gasteiger partial charge in [0.2, 0.25) is 5.91 Å². The third-order valence-electron chi connectivity index (χ3n) is 1.58. The minimum absolute atomic E-state index is 0.103. The molecule has 0 aromatic carbocycles. The smallest absolute Gasteiger partial charge is 0.331 e. The zero-order valence-electron chi connectivity index (χ0n) is 9.40. The molecule has 0 aliphatic heterocycles. The summed E-state index contributed by atoms with van der Waals surface area (Å²) in [7, 11) is 1.30. The van der Waals surface area contributed by atoms with Gasteiger partial charge in [-0.3, -0.25) is 4.79 Å². The van der Waals surface area contributed by atoms with Gasteiger partial charge in [-0.2, -0.15) is 0 Å². The van der Waals surface area contributed by atoms with Crippen molar-refractivity contribution >= 4 is 11.9 Å². The second-order valence-electron chi connectivity index (χ2n) is 3.63. The molecule has 0 saturated carbocycles. The molecule has 2 N–H and O–H groups in total. The van der Waals surface area contributed by atoms with Crippen LogP contribution in [0.2, 0.25) is 0 Å². The summed E-state index contributed by atoms with van der Waals surface area (Å²) in [5.41, 5.74) is 5.08. The fourth-order valence-electron chi connectivity index (χ4n) is 1.08. The summed E-state index contributed by atoms with van der Waals surface area (Å²) in [4.78, 5) is 23.3. The van der Waals surface area contributed by atoms with E-state index in [0.717, 1.165) is 0 Å². The molecule has 0 rings (SSSR count). The Morgan fingerprint density at radius 3 is 2.47 bits per heavy atom. The molecule has 1 amide bonds. The van der Waals surface area contributed by atoms with Crippen molar-refractivity contribution in [3.63, 3.8) is 0 Å². The lowest BCUT2D eigenvalue weighted by atomic mass is 10.2. The Morgan fingerprint density at radius 2 is 2.07 bits per heavy atom. The number of hydrogen-bond acceptors (Lipinski definition) is 4. The van der Waals surface area contributed by atoms with Crippen LogP contribution in [0.15, 0.2) is 12.3 Å². The maximum atomic E-state index is 10.8. The predicted octanol–water partition coefficient (Wildman–Crippen LogP) is 0.116. The molecule has 0 aliphatic carbocycles. The van der Waals surface area contributed by atoms with Gasteiger partial charge >= 0.3 is 5.97 Å². The monoisotopic (exact) mass is 214 g/mol. The van der Waals surface area contributed by atoms with Crippen molar-refractivity contribution in [3.8, 4) is 0 Å². The molecule has 0 bridgehead atoms. The third-order valence-corrected chi connectivity index (χ3v) is 1.58. The van der Waals surface area contributed by atoms with Crippen LogP contribution >= 0.6 is 0 Å². The minimum Gasteiger partial charge on any atom is -0.466 e. The number of hydrogen-bond donors (Lipinski definition) is 1. The maximum Gasteiger partial charge on any atom is 0.331 e. The zero-order valence-corrected chi connectivity index (χ0v) is 9.40. The molecule has 0 heterocycles. The van der Waals surface area contributed by atoms with E-state index in [2.05, 4.69) is 4.74 Å². The third kappa shape index (κ3) is 7.54. The van der Waals surface area contributed by atoms with Crippen LogP contribution in [0.4, 0.5) is 0 Å². The van der Waals surface area contributed by atoms with E-state index >= 15 is 0 Å². The number of methoxy groups -OCH3 is 1. The van der Waals surface area contributed by atoms with Gasteiger partial charge < -0.3 is 15.4 Å². The van der Waals surface area contributed by atoms with E-state index in [-0.39, 0.29) is 6.54 Å². The minimum atomic E-state index is -0.451. The van der Waals surface area contributed by atoms with Crippen molar-refractivity contribution in [2.45, 2.75) is 13.8 Å². The van der Waals surface area contributed by atoms with E-state index in [9.17, 15) is 9.59 Å². The molecule has 0 atom stereocenters. The number of amides is 1. The largest absolute Gasteiger partial charge is 0.466 e. The summed E-state index contributed by atoms with van der Waals surface area (Å²) < 4.78 is 4.44. The van der Waals surface area contributed by atoms with Crippen LogP contribution in [0.1, 0.15) is 13.8 Å². The Labute approximate surface area is 89.9 Å². The summed E-state index contributed by atoms with van der Waals surface area (Å²) in [6.45, 7) is 4.79. The average molecular weight is 214 g/mol. The first-order chi connectivity index (χ1) is 6.95. The molecule has 0 aromatic heterocycles. The van der Waals surface area contributed by atoms with E-state index in [1.165, 1.54) is 19.4 Å². The highest BCUT2D eigenvalue weighted by molar-refractivity contribution is 5.82. The quantitative estimate of drug-likeness (QED) is 0.503. The van der Waals surface area contributed by atoms with Crippen molar-refractivity contribution in [2.75, 3.05) is 20.2 Å². The summed E-state index contributed by atoms with van der Waals surface area (Å²) in [5.74, 6) is -0.495. The van der Waals surface area contributed by atoms with Crippen LogP contribution in [0.25, 0.3) is 0 Å². The fourth-order valence-corrected chi connectivity index (χ4v) is 1.08. The second kappa shape index (κ2) is 6.86. The number of ether oxygens (including phenoxy) is 1.